The lowest BCUT2D eigenvalue weighted by Crippen LogP contribution is -2.46. The second-order valence-corrected chi connectivity index (χ2v) is 4.87. The number of likely N-dealkylation sites (tertiary alicyclic amines) is 1. The van der Waals surface area contributed by atoms with Crippen LogP contribution >= 0.6 is 0 Å². The van der Waals surface area contributed by atoms with E-state index in [9.17, 15) is 14.0 Å². The molecule has 1 aromatic rings. The van der Waals surface area contributed by atoms with Crippen molar-refractivity contribution >= 4 is 12.1 Å². The van der Waals surface area contributed by atoms with Crippen molar-refractivity contribution in [2.24, 2.45) is 0 Å². The number of benzene rings is 1. The van der Waals surface area contributed by atoms with Gasteiger partial charge in [-0.3, -0.25) is 4.90 Å². The highest BCUT2D eigenvalue weighted by Gasteiger charge is 2.42. The molecule has 0 saturated carbocycles. The Bertz CT molecular complexity index is 494. The number of alkyl halides is 1. The fourth-order valence-electron chi connectivity index (χ4n) is 2.47. The molecule has 1 aliphatic rings. The quantitative estimate of drug-likeness (QED) is 0.800. The predicted molar refractivity (Wildman–Crippen MR) is 73.3 cm³/mol. The van der Waals surface area contributed by atoms with Crippen molar-refractivity contribution in [1.82, 2.24) is 4.90 Å². The molecule has 2 atom stereocenters. The van der Waals surface area contributed by atoms with Gasteiger partial charge in [0.05, 0.1) is 13.2 Å². The molecule has 0 aliphatic carbocycles. The Kier molecular flexibility index (Phi) is 5.14. The molecule has 1 fully saturated rings. The third-order valence-corrected chi connectivity index (χ3v) is 3.57. The molecule has 0 spiro atoms. The van der Waals surface area contributed by atoms with Gasteiger partial charge in [0, 0.05) is 0 Å². The van der Waals surface area contributed by atoms with E-state index in [1.165, 1.54) is 7.11 Å². The fraction of sp³-hybridized carbons (Fsp3) is 0.467. The van der Waals surface area contributed by atoms with Gasteiger partial charge in [0.1, 0.15) is 19.3 Å². The van der Waals surface area contributed by atoms with E-state index < -0.39 is 30.8 Å². The van der Waals surface area contributed by atoms with Crippen molar-refractivity contribution in [3.63, 3.8) is 0 Å². The summed E-state index contributed by atoms with van der Waals surface area (Å²) in [5.41, 5.74) is 0.830. The van der Waals surface area contributed by atoms with Crippen molar-refractivity contribution in [3.8, 4) is 0 Å². The van der Waals surface area contributed by atoms with E-state index >= 15 is 0 Å². The lowest BCUT2D eigenvalue weighted by atomic mass is 10.2. The highest BCUT2D eigenvalue weighted by molar-refractivity contribution is 5.82. The number of amides is 1. The van der Waals surface area contributed by atoms with Gasteiger partial charge in [0.25, 0.3) is 0 Å². The second-order valence-electron chi connectivity index (χ2n) is 4.87. The minimum Gasteiger partial charge on any atom is -0.467 e. The van der Waals surface area contributed by atoms with Gasteiger partial charge in [-0.25, -0.2) is 14.0 Å². The summed E-state index contributed by atoms with van der Waals surface area (Å²) in [6, 6.07) is 7.78. The maximum absolute atomic E-state index is 13.0. The summed E-state index contributed by atoms with van der Waals surface area (Å²) < 4.78 is 22.9. The number of carbonyl (C=O) groups excluding carboxylic acids is 2. The van der Waals surface area contributed by atoms with Crippen LogP contribution in [0.25, 0.3) is 0 Å². The summed E-state index contributed by atoms with van der Waals surface area (Å²) in [5.74, 6) is -0.539. The van der Waals surface area contributed by atoms with E-state index in [1.807, 2.05) is 30.3 Å². The van der Waals surface area contributed by atoms with Crippen molar-refractivity contribution in [2.75, 3.05) is 13.8 Å². The van der Waals surface area contributed by atoms with Gasteiger partial charge in [-0.1, -0.05) is 30.3 Å². The number of ether oxygens (including phenoxy) is 2. The molecule has 1 aromatic carbocycles. The number of nitrogens with zero attached hydrogens (tertiary/aromatic N) is 1. The molecule has 0 unspecified atom stereocenters. The Morgan fingerprint density at radius 3 is 2.62 bits per heavy atom. The third-order valence-electron chi connectivity index (χ3n) is 3.57. The van der Waals surface area contributed by atoms with Gasteiger partial charge >= 0.3 is 12.1 Å². The highest BCUT2D eigenvalue weighted by Crippen LogP contribution is 2.26. The zero-order chi connectivity index (χ0) is 15.2. The van der Waals surface area contributed by atoms with Crippen LogP contribution in [0, 0.1) is 0 Å². The minimum absolute atomic E-state index is 0.0864. The predicted octanol–water partition coefficient (Wildman–Crippen LogP) is 2.30. The summed E-state index contributed by atoms with van der Waals surface area (Å²) in [7, 11) is 1.25. The van der Waals surface area contributed by atoms with Gasteiger partial charge in [0.2, 0.25) is 0 Å². The van der Waals surface area contributed by atoms with Crippen LogP contribution in [0.4, 0.5) is 9.18 Å². The number of hydrogen-bond acceptors (Lipinski definition) is 4. The van der Waals surface area contributed by atoms with Crippen LogP contribution in [0.15, 0.2) is 30.3 Å². The van der Waals surface area contributed by atoms with Gasteiger partial charge in [-0.2, -0.15) is 0 Å². The average Bonchev–Trinajstić information content (AvgIpc) is 2.96. The minimum atomic E-state index is -0.765. The van der Waals surface area contributed by atoms with E-state index in [1.54, 1.807) is 0 Å². The molecule has 1 saturated heterocycles. The molecule has 1 amide bonds. The number of carbonyl (C=O) groups is 2. The Balaban J connectivity index is 2.02. The van der Waals surface area contributed by atoms with Gasteiger partial charge in [-0.05, 0) is 18.4 Å². The number of methoxy groups -OCH3 is 1. The first-order valence-electron chi connectivity index (χ1n) is 6.80. The topological polar surface area (TPSA) is 55.8 Å². The van der Waals surface area contributed by atoms with Crippen LogP contribution in [0.2, 0.25) is 0 Å². The number of esters is 1. The summed E-state index contributed by atoms with van der Waals surface area (Å²) in [5, 5.41) is 0. The zero-order valence-corrected chi connectivity index (χ0v) is 11.8. The fourth-order valence-corrected chi connectivity index (χ4v) is 2.47. The Hall–Kier alpha value is -2.11. The van der Waals surface area contributed by atoms with E-state index in [0.717, 1.165) is 10.5 Å². The van der Waals surface area contributed by atoms with Crippen LogP contribution in [0.1, 0.15) is 18.4 Å². The first kappa shape index (κ1) is 15.3. The molecule has 6 heteroatoms. The normalized spacial score (nSPS) is 21.1. The van der Waals surface area contributed by atoms with Crippen molar-refractivity contribution in [3.05, 3.63) is 35.9 Å². The molecule has 114 valence electrons. The smallest absolute Gasteiger partial charge is 0.411 e. The zero-order valence-electron chi connectivity index (χ0n) is 11.8. The Morgan fingerprint density at radius 2 is 2.00 bits per heavy atom. The maximum atomic E-state index is 13.0. The molecular weight excluding hydrogens is 277 g/mol. The van der Waals surface area contributed by atoms with Crippen molar-refractivity contribution in [2.45, 2.75) is 31.5 Å². The standard InChI is InChI=1S/C15H18FNO4/c1-20-14(18)13-8-7-12(9-16)17(13)15(19)21-10-11-5-3-2-4-6-11/h2-6,12-13H,7-10H2,1H3/t12-,13-/m1/s1. The maximum Gasteiger partial charge on any atom is 0.411 e. The van der Waals surface area contributed by atoms with Gasteiger partial charge in [0.15, 0.2) is 0 Å². The summed E-state index contributed by atoms with van der Waals surface area (Å²) in [4.78, 5) is 25.0. The Labute approximate surface area is 122 Å². The SMILES string of the molecule is COC(=O)[C@H]1CC[C@H](CF)N1C(=O)OCc1ccccc1. The molecule has 0 bridgehead atoms. The van der Waals surface area contributed by atoms with E-state index in [-0.39, 0.29) is 6.61 Å². The summed E-state index contributed by atoms with van der Waals surface area (Å²) >= 11 is 0. The molecule has 1 aliphatic heterocycles. The summed E-state index contributed by atoms with van der Waals surface area (Å²) in [6.07, 6.45) is 0.132. The third kappa shape index (κ3) is 3.51. The van der Waals surface area contributed by atoms with Gasteiger partial charge in [-0.15, -0.1) is 0 Å². The molecule has 0 N–H and O–H groups in total. The van der Waals surface area contributed by atoms with Gasteiger partial charge < -0.3 is 9.47 Å². The molecule has 5 nitrogen and oxygen atoms in total. The van der Waals surface area contributed by atoms with E-state index in [4.69, 9.17) is 4.74 Å². The molecule has 2 rings (SSSR count). The largest absolute Gasteiger partial charge is 0.467 e. The van der Waals surface area contributed by atoms with Crippen LogP contribution in [-0.4, -0.2) is 42.8 Å². The van der Waals surface area contributed by atoms with Crippen molar-refractivity contribution in [1.29, 1.82) is 0 Å². The van der Waals surface area contributed by atoms with Crippen LogP contribution in [-0.2, 0) is 20.9 Å². The highest BCUT2D eigenvalue weighted by atomic mass is 19.1. The molecule has 0 radical (unpaired) electrons. The molecule has 0 aromatic heterocycles. The van der Waals surface area contributed by atoms with Crippen LogP contribution < -0.4 is 0 Å². The first-order valence-corrected chi connectivity index (χ1v) is 6.80. The van der Waals surface area contributed by atoms with E-state index in [2.05, 4.69) is 4.74 Å². The second kappa shape index (κ2) is 7.06. The van der Waals surface area contributed by atoms with Crippen LogP contribution in [0.5, 0.6) is 0 Å². The number of rotatable bonds is 4. The monoisotopic (exact) mass is 295 g/mol. The number of hydrogen-bond donors (Lipinski definition) is 0. The lowest BCUT2D eigenvalue weighted by molar-refractivity contribution is -0.145. The Morgan fingerprint density at radius 1 is 1.29 bits per heavy atom. The summed E-state index contributed by atoms with van der Waals surface area (Å²) in [6.45, 7) is -0.614. The molecule has 1 heterocycles. The first-order chi connectivity index (χ1) is 10.2. The van der Waals surface area contributed by atoms with Crippen LogP contribution in [0.3, 0.4) is 0 Å². The molecular formula is C15H18FNO4. The lowest BCUT2D eigenvalue weighted by Gasteiger charge is -2.26. The number of halogens is 1. The van der Waals surface area contributed by atoms with Crippen molar-refractivity contribution < 1.29 is 23.5 Å². The van der Waals surface area contributed by atoms with E-state index in [0.29, 0.717) is 12.8 Å². The average molecular weight is 295 g/mol. The molecule has 21 heavy (non-hydrogen) atoms.